The molecule has 31 heavy (non-hydrogen) atoms. The summed E-state index contributed by atoms with van der Waals surface area (Å²) in [4.78, 5) is 12.5. The molecule has 1 N–H and O–H groups in total. The van der Waals surface area contributed by atoms with E-state index in [1.807, 2.05) is 42.6 Å². The van der Waals surface area contributed by atoms with Crippen LogP contribution in [-0.2, 0) is 19.6 Å². The van der Waals surface area contributed by atoms with Crippen molar-refractivity contribution in [2.24, 2.45) is 0 Å². The highest BCUT2D eigenvalue weighted by Crippen LogP contribution is 2.17. The van der Waals surface area contributed by atoms with Crippen LogP contribution in [0.15, 0.2) is 77.3 Å². The number of ether oxygens (including phenoxy) is 1. The van der Waals surface area contributed by atoms with Gasteiger partial charge >= 0.3 is 0 Å². The minimum Gasteiger partial charge on any atom is -0.486 e. The Hall–Kier alpha value is -3.80. The Morgan fingerprint density at radius 1 is 1.06 bits per heavy atom. The Balaban J connectivity index is 1.32. The number of nitrogens with one attached hydrogen (secondary N) is 1. The molecule has 0 fully saturated rings. The summed E-state index contributed by atoms with van der Waals surface area (Å²) in [7, 11) is 0. The zero-order chi connectivity index (χ0) is 21.6. The Morgan fingerprint density at radius 2 is 1.87 bits per heavy atom. The minimum absolute atomic E-state index is 0.216. The van der Waals surface area contributed by atoms with Gasteiger partial charge in [-0.3, -0.25) is 9.48 Å². The maximum absolute atomic E-state index is 12.5. The average Bonchev–Trinajstić information content (AvgIpc) is 3.44. The molecule has 2 heterocycles. The summed E-state index contributed by atoms with van der Waals surface area (Å²) >= 11 is 0. The number of anilines is 1. The molecule has 2 aromatic heterocycles. The van der Waals surface area contributed by atoms with E-state index in [2.05, 4.69) is 36.4 Å². The molecule has 0 atom stereocenters. The third kappa shape index (κ3) is 5.22. The van der Waals surface area contributed by atoms with Crippen molar-refractivity contribution in [2.75, 3.05) is 5.32 Å². The van der Waals surface area contributed by atoms with Gasteiger partial charge in [0.15, 0.2) is 11.6 Å². The fourth-order valence-electron chi connectivity index (χ4n) is 3.21. The predicted octanol–water partition coefficient (Wildman–Crippen LogP) is 5.23. The van der Waals surface area contributed by atoms with Crippen molar-refractivity contribution in [3.8, 4) is 5.75 Å². The molecule has 0 spiro atoms. The SMILES string of the molecule is CCc1ccc(OCc2ccc(C(=O)Nc3ccn(Cc4ccccc4C)n3)o2)cc1. The highest BCUT2D eigenvalue weighted by atomic mass is 16.5. The Labute approximate surface area is 181 Å². The van der Waals surface area contributed by atoms with E-state index in [4.69, 9.17) is 9.15 Å². The van der Waals surface area contributed by atoms with Crippen LogP contribution in [0.3, 0.4) is 0 Å². The number of carbonyl (C=O) groups is 1. The molecule has 0 aliphatic rings. The van der Waals surface area contributed by atoms with Crippen molar-refractivity contribution in [3.05, 3.63) is 101 Å². The third-order valence-electron chi connectivity index (χ3n) is 5.07. The van der Waals surface area contributed by atoms with Crippen LogP contribution >= 0.6 is 0 Å². The lowest BCUT2D eigenvalue weighted by Crippen LogP contribution is -2.12. The second-order valence-electron chi connectivity index (χ2n) is 7.33. The first kappa shape index (κ1) is 20.5. The molecule has 0 aliphatic heterocycles. The first-order chi connectivity index (χ1) is 15.1. The Morgan fingerprint density at radius 3 is 2.65 bits per heavy atom. The number of nitrogens with zero attached hydrogens (tertiary/aromatic N) is 2. The van der Waals surface area contributed by atoms with Crippen molar-refractivity contribution >= 4 is 11.7 Å². The molecule has 2 aromatic carbocycles. The van der Waals surface area contributed by atoms with Gasteiger partial charge in [-0.05, 0) is 54.3 Å². The van der Waals surface area contributed by atoms with Crippen molar-refractivity contribution in [3.63, 3.8) is 0 Å². The van der Waals surface area contributed by atoms with Crippen LogP contribution in [0, 0.1) is 6.92 Å². The third-order valence-corrected chi connectivity index (χ3v) is 5.07. The molecule has 0 saturated heterocycles. The van der Waals surface area contributed by atoms with Gasteiger partial charge < -0.3 is 14.5 Å². The van der Waals surface area contributed by atoms with Gasteiger partial charge in [-0.25, -0.2) is 0 Å². The maximum Gasteiger partial charge on any atom is 0.292 e. The topological polar surface area (TPSA) is 69.3 Å². The number of amides is 1. The summed E-state index contributed by atoms with van der Waals surface area (Å²) in [6.45, 7) is 5.08. The first-order valence-corrected chi connectivity index (χ1v) is 10.3. The fraction of sp³-hybridized carbons (Fsp3) is 0.200. The molecule has 158 valence electrons. The second-order valence-corrected chi connectivity index (χ2v) is 7.33. The highest BCUT2D eigenvalue weighted by molar-refractivity contribution is 6.01. The molecule has 0 unspecified atom stereocenters. The Bertz CT molecular complexity index is 1160. The standard InChI is InChI=1S/C25H25N3O3/c1-3-19-8-10-21(11-9-19)30-17-22-12-13-23(31-22)25(29)26-24-14-15-28(27-24)16-20-7-5-4-6-18(20)2/h4-15H,3,16-17H2,1-2H3,(H,26,27,29). The van der Waals surface area contributed by atoms with Gasteiger partial charge in [-0.15, -0.1) is 0 Å². The zero-order valence-electron chi connectivity index (χ0n) is 17.7. The number of benzene rings is 2. The largest absolute Gasteiger partial charge is 0.486 e. The van der Waals surface area contributed by atoms with E-state index in [1.165, 1.54) is 16.7 Å². The second kappa shape index (κ2) is 9.34. The van der Waals surface area contributed by atoms with Crippen molar-refractivity contribution in [1.29, 1.82) is 0 Å². The van der Waals surface area contributed by atoms with E-state index in [-0.39, 0.29) is 18.3 Å². The van der Waals surface area contributed by atoms with Gasteiger partial charge in [0.2, 0.25) is 0 Å². The molecule has 0 aliphatic carbocycles. The number of aryl methyl sites for hydroxylation is 2. The van der Waals surface area contributed by atoms with E-state index in [0.29, 0.717) is 18.1 Å². The zero-order valence-corrected chi connectivity index (χ0v) is 17.7. The van der Waals surface area contributed by atoms with Crippen LogP contribution in [0.25, 0.3) is 0 Å². The summed E-state index contributed by atoms with van der Waals surface area (Å²) in [5.41, 5.74) is 3.64. The Kier molecular flexibility index (Phi) is 6.17. The van der Waals surface area contributed by atoms with E-state index in [1.54, 1.807) is 22.9 Å². The van der Waals surface area contributed by atoms with Crippen LogP contribution < -0.4 is 10.1 Å². The monoisotopic (exact) mass is 415 g/mol. The van der Waals surface area contributed by atoms with Gasteiger partial charge in [-0.2, -0.15) is 5.10 Å². The molecular weight excluding hydrogens is 390 g/mol. The molecule has 6 heteroatoms. The predicted molar refractivity (Wildman–Crippen MR) is 119 cm³/mol. The lowest BCUT2D eigenvalue weighted by Gasteiger charge is -2.05. The molecule has 0 radical (unpaired) electrons. The van der Waals surface area contributed by atoms with Gasteiger partial charge in [-0.1, -0.05) is 43.3 Å². The van der Waals surface area contributed by atoms with Gasteiger partial charge in [0.05, 0.1) is 6.54 Å². The summed E-state index contributed by atoms with van der Waals surface area (Å²) in [5, 5.41) is 7.20. The number of aromatic nitrogens is 2. The van der Waals surface area contributed by atoms with Crippen LogP contribution in [-0.4, -0.2) is 15.7 Å². The molecule has 4 rings (SSSR count). The first-order valence-electron chi connectivity index (χ1n) is 10.3. The molecule has 1 amide bonds. The summed E-state index contributed by atoms with van der Waals surface area (Å²) in [6, 6.07) is 21.2. The number of carbonyl (C=O) groups excluding carboxylic acids is 1. The number of rotatable bonds is 8. The van der Waals surface area contributed by atoms with E-state index >= 15 is 0 Å². The van der Waals surface area contributed by atoms with Crippen LogP contribution in [0.4, 0.5) is 5.82 Å². The van der Waals surface area contributed by atoms with E-state index < -0.39 is 0 Å². The van der Waals surface area contributed by atoms with Gasteiger partial charge in [0.25, 0.3) is 5.91 Å². The number of hydrogen-bond donors (Lipinski definition) is 1. The van der Waals surface area contributed by atoms with Crippen LogP contribution in [0.5, 0.6) is 5.75 Å². The van der Waals surface area contributed by atoms with Crippen LogP contribution in [0.1, 0.15) is 39.9 Å². The average molecular weight is 415 g/mol. The van der Waals surface area contributed by atoms with Crippen LogP contribution in [0.2, 0.25) is 0 Å². The molecule has 0 bridgehead atoms. The lowest BCUT2D eigenvalue weighted by atomic mass is 10.1. The van der Waals surface area contributed by atoms with E-state index in [9.17, 15) is 4.79 Å². The molecule has 4 aromatic rings. The normalized spacial score (nSPS) is 10.8. The van der Waals surface area contributed by atoms with Gasteiger partial charge in [0.1, 0.15) is 18.1 Å². The smallest absolute Gasteiger partial charge is 0.292 e. The molecule has 6 nitrogen and oxygen atoms in total. The van der Waals surface area contributed by atoms with Gasteiger partial charge in [0, 0.05) is 12.3 Å². The molecule has 0 saturated carbocycles. The number of furan rings is 1. The van der Waals surface area contributed by atoms with Crippen molar-refractivity contribution in [1.82, 2.24) is 9.78 Å². The summed E-state index contributed by atoms with van der Waals surface area (Å²) in [5.74, 6) is 1.69. The summed E-state index contributed by atoms with van der Waals surface area (Å²) in [6.07, 6.45) is 2.83. The molecular formula is C25H25N3O3. The van der Waals surface area contributed by atoms with Crippen molar-refractivity contribution < 1.29 is 13.9 Å². The van der Waals surface area contributed by atoms with E-state index in [0.717, 1.165) is 12.2 Å². The quantitative estimate of drug-likeness (QED) is 0.428. The maximum atomic E-state index is 12.5. The fourth-order valence-corrected chi connectivity index (χ4v) is 3.21. The lowest BCUT2D eigenvalue weighted by molar-refractivity contribution is 0.0992. The van der Waals surface area contributed by atoms with Crippen molar-refractivity contribution in [2.45, 2.75) is 33.4 Å². The summed E-state index contributed by atoms with van der Waals surface area (Å²) < 4.78 is 13.2. The highest BCUT2D eigenvalue weighted by Gasteiger charge is 2.13. The minimum atomic E-state index is -0.348. The number of hydrogen-bond acceptors (Lipinski definition) is 4.